The van der Waals surface area contributed by atoms with Crippen molar-refractivity contribution < 1.29 is 0 Å². The molecule has 0 unspecified atom stereocenters. The first-order valence-electron chi connectivity index (χ1n) is 9.62. The Morgan fingerprint density at radius 2 is 1.89 bits per heavy atom. The van der Waals surface area contributed by atoms with E-state index in [1.54, 1.807) is 11.8 Å². The maximum Gasteiger partial charge on any atom is 0.256 e. The van der Waals surface area contributed by atoms with Crippen molar-refractivity contribution >= 4 is 29.1 Å². The molecule has 0 saturated carbocycles. The Labute approximate surface area is 164 Å². The maximum absolute atomic E-state index is 12.1. The number of aromatic nitrogens is 2. The first-order chi connectivity index (χ1) is 13.1. The number of rotatable bonds is 5. The average molecular weight is 386 g/mol. The molecule has 0 atom stereocenters. The summed E-state index contributed by atoms with van der Waals surface area (Å²) in [4.78, 5) is 24.5. The van der Waals surface area contributed by atoms with E-state index in [1.165, 1.54) is 12.2 Å². The van der Waals surface area contributed by atoms with Gasteiger partial charge in [-0.1, -0.05) is 13.8 Å². The van der Waals surface area contributed by atoms with Crippen LogP contribution in [0.5, 0.6) is 0 Å². The maximum atomic E-state index is 12.1. The third-order valence-electron chi connectivity index (χ3n) is 5.08. The van der Waals surface area contributed by atoms with Gasteiger partial charge in [0, 0.05) is 61.2 Å². The topological polar surface area (TPSA) is 64.3 Å². The molecule has 0 amide bonds. The van der Waals surface area contributed by atoms with Crippen LogP contribution in [0.15, 0.2) is 29.1 Å². The smallest absolute Gasteiger partial charge is 0.256 e. The lowest BCUT2D eigenvalue weighted by Crippen LogP contribution is -2.47. The zero-order valence-corrected chi connectivity index (χ0v) is 16.8. The Kier molecular flexibility index (Phi) is 5.41. The van der Waals surface area contributed by atoms with E-state index in [-0.39, 0.29) is 5.56 Å². The summed E-state index contributed by atoms with van der Waals surface area (Å²) in [6, 6.07) is 8.39. The van der Waals surface area contributed by atoms with Crippen LogP contribution in [0.4, 0.5) is 17.3 Å². The van der Waals surface area contributed by atoms with Crippen LogP contribution in [-0.4, -0.2) is 47.6 Å². The van der Waals surface area contributed by atoms with Crippen LogP contribution in [0.1, 0.15) is 25.1 Å². The van der Waals surface area contributed by atoms with E-state index in [2.05, 4.69) is 63.2 Å². The largest absolute Gasteiger partial charge is 0.369 e. The summed E-state index contributed by atoms with van der Waals surface area (Å²) in [5.74, 6) is 2.82. The molecule has 1 aromatic heterocycles. The molecule has 2 aromatic rings. The van der Waals surface area contributed by atoms with Crippen LogP contribution in [0.2, 0.25) is 0 Å². The number of hydrogen-bond acceptors (Lipinski definition) is 6. The van der Waals surface area contributed by atoms with E-state index in [1.807, 2.05) is 0 Å². The highest BCUT2D eigenvalue weighted by Crippen LogP contribution is 2.27. The molecular formula is C20H27N5OS. The summed E-state index contributed by atoms with van der Waals surface area (Å²) in [6.45, 7) is 10.1. The number of nitrogens with zero attached hydrogens (tertiary/aromatic N) is 3. The van der Waals surface area contributed by atoms with E-state index in [9.17, 15) is 4.79 Å². The fourth-order valence-electron chi connectivity index (χ4n) is 3.72. The first kappa shape index (κ1) is 18.4. The number of fused-ring (bicyclic) bond motifs is 1. The molecule has 1 saturated heterocycles. The normalized spacial score (nSPS) is 17.4. The Balaban J connectivity index is 1.39. The van der Waals surface area contributed by atoms with E-state index >= 15 is 0 Å². The van der Waals surface area contributed by atoms with Crippen molar-refractivity contribution in [2.45, 2.75) is 25.4 Å². The van der Waals surface area contributed by atoms with E-state index in [0.29, 0.717) is 5.95 Å². The van der Waals surface area contributed by atoms with E-state index in [0.717, 1.165) is 60.5 Å². The summed E-state index contributed by atoms with van der Waals surface area (Å²) < 4.78 is 0. The lowest BCUT2D eigenvalue weighted by Gasteiger charge is -2.36. The average Bonchev–Trinajstić information content (AvgIpc) is 3.12. The highest BCUT2D eigenvalue weighted by atomic mass is 32.2. The number of hydrogen-bond donors (Lipinski definition) is 2. The molecule has 0 aliphatic carbocycles. The Morgan fingerprint density at radius 1 is 1.15 bits per heavy atom. The molecule has 4 rings (SSSR count). The molecule has 3 heterocycles. The molecule has 1 fully saturated rings. The molecule has 0 spiro atoms. The molecule has 27 heavy (non-hydrogen) atoms. The number of H-pyrrole nitrogens is 1. The number of nitrogens with one attached hydrogen (secondary N) is 2. The second-order valence-electron chi connectivity index (χ2n) is 7.69. The van der Waals surface area contributed by atoms with Crippen molar-refractivity contribution in [3.8, 4) is 0 Å². The predicted octanol–water partition coefficient (Wildman–Crippen LogP) is 3.04. The molecule has 2 aliphatic heterocycles. The molecule has 144 valence electrons. The van der Waals surface area contributed by atoms with Crippen molar-refractivity contribution in [2.24, 2.45) is 5.92 Å². The van der Waals surface area contributed by atoms with Gasteiger partial charge in [-0.2, -0.15) is 11.8 Å². The van der Waals surface area contributed by atoms with Crippen LogP contribution in [0, 0.1) is 5.92 Å². The predicted molar refractivity (Wildman–Crippen MR) is 113 cm³/mol. The highest BCUT2D eigenvalue weighted by Gasteiger charge is 2.19. The fraction of sp³-hybridized carbons (Fsp3) is 0.500. The van der Waals surface area contributed by atoms with Gasteiger partial charge in [-0.15, -0.1) is 0 Å². The van der Waals surface area contributed by atoms with Crippen molar-refractivity contribution in [2.75, 3.05) is 42.9 Å². The lowest BCUT2D eigenvalue weighted by molar-refractivity contribution is 0.231. The highest BCUT2D eigenvalue weighted by molar-refractivity contribution is 7.98. The minimum atomic E-state index is -0.0246. The van der Waals surface area contributed by atoms with E-state index in [4.69, 9.17) is 0 Å². The fourth-order valence-corrected chi connectivity index (χ4v) is 4.75. The van der Waals surface area contributed by atoms with Gasteiger partial charge in [0.1, 0.15) is 0 Å². The second kappa shape index (κ2) is 7.94. The quantitative estimate of drug-likeness (QED) is 0.825. The monoisotopic (exact) mass is 385 g/mol. The van der Waals surface area contributed by atoms with Crippen molar-refractivity contribution in [3.63, 3.8) is 0 Å². The van der Waals surface area contributed by atoms with Gasteiger partial charge in [0.05, 0.1) is 5.69 Å². The summed E-state index contributed by atoms with van der Waals surface area (Å²) >= 11 is 1.73. The zero-order chi connectivity index (χ0) is 18.8. The molecule has 0 bridgehead atoms. The van der Waals surface area contributed by atoms with Gasteiger partial charge >= 0.3 is 0 Å². The number of thioether (sulfide) groups is 1. The molecule has 0 radical (unpaired) electrons. The lowest BCUT2D eigenvalue weighted by atomic mass is 10.2. The molecule has 1 aromatic carbocycles. The van der Waals surface area contributed by atoms with Gasteiger partial charge in [0.25, 0.3) is 5.56 Å². The van der Waals surface area contributed by atoms with Gasteiger partial charge in [-0.25, -0.2) is 4.98 Å². The number of piperazine rings is 1. The SMILES string of the molecule is CC(C)CN1CCN(c2ccc(Nc3nc4c(c(=O)[nH]3)CSC4)cc2)CC1. The van der Waals surface area contributed by atoms with Crippen LogP contribution in [0.25, 0.3) is 0 Å². The third-order valence-corrected chi connectivity index (χ3v) is 6.05. The Morgan fingerprint density at radius 3 is 2.59 bits per heavy atom. The minimum absolute atomic E-state index is 0.0246. The van der Waals surface area contributed by atoms with Crippen molar-refractivity contribution in [1.29, 1.82) is 0 Å². The summed E-state index contributed by atoms with van der Waals surface area (Å²) in [7, 11) is 0. The van der Waals surface area contributed by atoms with Crippen molar-refractivity contribution in [3.05, 3.63) is 45.9 Å². The van der Waals surface area contributed by atoms with Gasteiger partial charge in [0.2, 0.25) is 5.95 Å². The van der Waals surface area contributed by atoms with Crippen LogP contribution in [0.3, 0.4) is 0 Å². The second-order valence-corrected chi connectivity index (χ2v) is 8.67. The first-order valence-corrected chi connectivity index (χ1v) is 10.8. The third kappa shape index (κ3) is 4.30. The summed E-state index contributed by atoms with van der Waals surface area (Å²) in [6.07, 6.45) is 0. The summed E-state index contributed by atoms with van der Waals surface area (Å²) in [5.41, 5.74) is 3.88. The standard InChI is InChI=1S/C20H27N5OS/c1-14(2)11-24-7-9-25(10-8-24)16-5-3-15(4-6-16)21-20-22-18-13-27-12-17(18)19(26)23-20/h3-6,14H,7-13H2,1-2H3,(H2,21,22,23,26). The van der Waals surface area contributed by atoms with Crippen molar-refractivity contribution in [1.82, 2.24) is 14.9 Å². The number of aromatic amines is 1. The van der Waals surface area contributed by atoms with Crippen LogP contribution >= 0.6 is 11.8 Å². The zero-order valence-electron chi connectivity index (χ0n) is 16.0. The van der Waals surface area contributed by atoms with Crippen LogP contribution in [-0.2, 0) is 11.5 Å². The molecule has 6 nitrogen and oxygen atoms in total. The number of benzene rings is 1. The van der Waals surface area contributed by atoms with Gasteiger partial charge in [-0.05, 0) is 30.2 Å². The van der Waals surface area contributed by atoms with Gasteiger partial charge < -0.3 is 10.2 Å². The van der Waals surface area contributed by atoms with E-state index < -0.39 is 0 Å². The molecular weight excluding hydrogens is 358 g/mol. The molecule has 7 heteroatoms. The molecule has 2 N–H and O–H groups in total. The Hall–Kier alpha value is -1.99. The number of anilines is 3. The Bertz CT molecular complexity index is 840. The minimum Gasteiger partial charge on any atom is -0.369 e. The van der Waals surface area contributed by atoms with Crippen LogP contribution < -0.4 is 15.8 Å². The molecule has 2 aliphatic rings. The summed E-state index contributed by atoms with van der Waals surface area (Å²) in [5, 5.41) is 3.23. The van der Waals surface area contributed by atoms with Gasteiger partial charge in [0.15, 0.2) is 0 Å². The van der Waals surface area contributed by atoms with Gasteiger partial charge in [-0.3, -0.25) is 14.7 Å².